The molecule has 0 spiro atoms. The van der Waals surface area contributed by atoms with E-state index in [2.05, 4.69) is 61.0 Å². The van der Waals surface area contributed by atoms with Gasteiger partial charge in [-0.25, -0.2) is 0 Å². The third-order valence-electron chi connectivity index (χ3n) is 5.13. The maximum atomic E-state index is 13.1. The summed E-state index contributed by atoms with van der Waals surface area (Å²) in [6.45, 7) is 4.10. The molecule has 146 valence electrons. The highest BCUT2D eigenvalue weighted by Crippen LogP contribution is 2.48. The molecule has 1 aromatic carbocycles. The molecule has 28 heavy (non-hydrogen) atoms. The lowest BCUT2D eigenvalue weighted by atomic mass is 9.69. The highest BCUT2D eigenvalue weighted by atomic mass is 79.9. The molecule has 1 aliphatic carbocycles. The van der Waals surface area contributed by atoms with Crippen LogP contribution in [0.5, 0.6) is 5.75 Å². The molecule has 1 unspecified atom stereocenters. The molecule has 2 heterocycles. The Bertz CT molecular complexity index is 1160. The topological polar surface area (TPSA) is 98.0 Å². The van der Waals surface area contributed by atoms with Crippen molar-refractivity contribution in [2.75, 3.05) is 5.32 Å². The predicted molar refractivity (Wildman–Crippen MR) is 116 cm³/mol. The van der Waals surface area contributed by atoms with Gasteiger partial charge in [0.2, 0.25) is 0 Å². The molecule has 0 saturated carbocycles. The number of hydrogen-bond donors (Lipinski definition) is 4. The first kappa shape index (κ1) is 19.6. The number of aromatic hydroxyl groups is 1. The first-order valence-electron chi connectivity index (χ1n) is 8.65. The third-order valence-corrected chi connectivity index (χ3v) is 6.54. The Hall–Kier alpha value is -1.71. The number of aromatic nitrogens is 2. The maximum absolute atomic E-state index is 13.1. The molecule has 0 radical (unpaired) electrons. The van der Waals surface area contributed by atoms with Crippen LogP contribution in [0.25, 0.3) is 0 Å². The van der Waals surface area contributed by atoms with Crippen LogP contribution in [-0.4, -0.2) is 20.9 Å². The van der Waals surface area contributed by atoms with Crippen LogP contribution in [-0.2, 0) is 4.79 Å². The van der Waals surface area contributed by atoms with E-state index < -0.39 is 5.92 Å². The molecule has 2 aromatic rings. The number of aromatic amines is 2. The van der Waals surface area contributed by atoms with Crippen LogP contribution in [0.3, 0.4) is 0 Å². The Labute approximate surface area is 182 Å². The zero-order chi connectivity index (χ0) is 20.4. The Balaban J connectivity index is 2.04. The van der Waals surface area contributed by atoms with Gasteiger partial charge < -0.3 is 15.4 Å². The van der Waals surface area contributed by atoms with E-state index in [-0.39, 0.29) is 27.3 Å². The number of ketones is 1. The third kappa shape index (κ3) is 3.19. The van der Waals surface area contributed by atoms with Crippen LogP contribution in [0.2, 0.25) is 0 Å². The SMILES string of the molecule is CC1(C)CC(=O)C2=C(C1)Nc1[nH]c(=S)[nH]c(=O)c1C2c1cc(Br)c(O)c(Br)c1. The van der Waals surface area contributed by atoms with Crippen molar-refractivity contribution in [3.8, 4) is 5.75 Å². The lowest BCUT2D eigenvalue weighted by molar-refractivity contribution is -0.118. The monoisotopic (exact) mass is 525 g/mol. The number of H-pyrrole nitrogens is 2. The van der Waals surface area contributed by atoms with Crippen LogP contribution >= 0.6 is 44.1 Å². The first-order valence-corrected chi connectivity index (χ1v) is 10.6. The summed E-state index contributed by atoms with van der Waals surface area (Å²) in [6.07, 6.45) is 1.08. The first-order chi connectivity index (χ1) is 13.1. The summed E-state index contributed by atoms with van der Waals surface area (Å²) in [4.78, 5) is 31.6. The highest BCUT2D eigenvalue weighted by Gasteiger charge is 2.42. The van der Waals surface area contributed by atoms with Crippen molar-refractivity contribution in [1.82, 2.24) is 9.97 Å². The number of anilines is 1. The van der Waals surface area contributed by atoms with Gasteiger partial charge in [0.1, 0.15) is 11.6 Å². The summed E-state index contributed by atoms with van der Waals surface area (Å²) in [7, 11) is 0. The molecule has 4 N–H and O–H groups in total. The number of allylic oxidation sites excluding steroid dienone is 2. The van der Waals surface area contributed by atoms with Gasteiger partial charge in [-0.3, -0.25) is 14.6 Å². The zero-order valence-corrected chi connectivity index (χ0v) is 19.1. The molecule has 0 bridgehead atoms. The minimum atomic E-state index is -0.571. The Kier molecular flexibility index (Phi) is 4.67. The van der Waals surface area contributed by atoms with E-state index in [1.54, 1.807) is 12.1 Å². The molecule has 1 aromatic heterocycles. The summed E-state index contributed by atoms with van der Waals surface area (Å²) in [5.41, 5.74) is 1.99. The van der Waals surface area contributed by atoms with Crippen molar-refractivity contribution in [1.29, 1.82) is 0 Å². The predicted octanol–water partition coefficient (Wildman–Crippen LogP) is 4.86. The Morgan fingerprint density at radius 1 is 1.14 bits per heavy atom. The highest BCUT2D eigenvalue weighted by molar-refractivity contribution is 9.11. The van der Waals surface area contributed by atoms with Crippen LogP contribution < -0.4 is 10.9 Å². The van der Waals surface area contributed by atoms with Crippen LogP contribution in [0.1, 0.15) is 43.7 Å². The molecule has 6 nitrogen and oxygen atoms in total. The average molecular weight is 527 g/mol. The fourth-order valence-electron chi connectivity index (χ4n) is 4.03. The molecule has 2 aliphatic rings. The lowest BCUT2D eigenvalue weighted by Crippen LogP contribution is -2.36. The molecule has 0 fully saturated rings. The number of carbonyl (C=O) groups excluding carboxylic acids is 1. The molecule has 0 saturated heterocycles. The summed E-state index contributed by atoms with van der Waals surface area (Å²) in [6, 6.07) is 3.47. The van der Waals surface area contributed by atoms with Gasteiger partial charge in [-0.05, 0) is 73.6 Å². The molecular weight excluding hydrogens is 510 g/mol. The average Bonchev–Trinajstić information content (AvgIpc) is 2.56. The minimum Gasteiger partial charge on any atom is -0.506 e. The zero-order valence-electron chi connectivity index (χ0n) is 15.1. The van der Waals surface area contributed by atoms with E-state index in [1.807, 2.05) is 0 Å². The lowest BCUT2D eigenvalue weighted by Gasteiger charge is -2.38. The summed E-state index contributed by atoms with van der Waals surface area (Å²) in [5, 5.41) is 13.3. The fraction of sp³-hybridized carbons (Fsp3) is 0.316. The van der Waals surface area contributed by atoms with E-state index in [0.29, 0.717) is 38.7 Å². The minimum absolute atomic E-state index is 0.0107. The number of phenols is 1. The Morgan fingerprint density at radius 2 is 1.79 bits per heavy atom. The molecule has 0 amide bonds. The van der Waals surface area contributed by atoms with E-state index in [9.17, 15) is 14.7 Å². The molecular formula is C19H17Br2N3O3S. The van der Waals surface area contributed by atoms with Gasteiger partial charge in [-0.1, -0.05) is 13.8 Å². The van der Waals surface area contributed by atoms with Crippen molar-refractivity contribution in [3.63, 3.8) is 0 Å². The number of rotatable bonds is 1. The van der Waals surface area contributed by atoms with Crippen molar-refractivity contribution < 1.29 is 9.90 Å². The summed E-state index contributed by atoms with van der Waals surface area (Å²) >= 11 is 11.8. The number of phenolic OH excluding ortho intramolecular Hbond substituents is 1. The molecule has 1 aliphatic heterocycles. The molecule has 1 atom stereocenters. The van der Waals surface area contributed by atoms with E-state index in [0.717, 1.165) is 11.3 Å². The van der Waals surface area contributed by atoms with Gasteiger partial charge in [0.25, 0.3) is 5.56 Å². The number of halogens is 2. The van der Waals surface area contributed by atoms with E-state index in [1.165, 1.54) is 0 Å². The number of Topliss-reactive ketones (excluding diaryl/α,β-unsaturated/α-hetero) is 1. The smallest absolute Gasteiger partial charge is 0.257 e. The van der Waals surface area contributed by atoms with Gasteiger partial charge in [0, 0.05) is 23.6 Å². The number of benzene rings is 1. The second-order valence-corrected chi connectivity index (χ2v) is 10.0. The van der Waals surface area contributed by atoms with Gasteiger partial charge in [-0.2, -0.15) is 0 Å². The van der Waals surface area contributed by atoms with E-state index in [4.69, 9.17) is 12.2 Å². The van der Waals surface area contributed by atoms with Crippen molar-refractivity contribution in [2.45, 2.75) is 32.6 Å². The quantitative estimate of drug-likeness (QED) is 0.398. The maximum Gasteiger partial charge on any atom is 0.257 e. The molecule has 4 rings (SSSR count). The number of nitrogens with one attached hydrogen (secondary N) is 3. The second-order valence-electron chi connectivity index (χ2n) is 7.92. The van der Waals surface area contributed by atoms with Crippen LogP contribution in [0.15, 0.2) is 37.1 Å². The van der Waals surface area contributed by atoms with Crippen molar-refractivity contribution in [2.24, 2.45) is 5.41 Å². The van der Waals surface area contributed by atoms with Crippen molar-refractivity contribution >= 4 is 55.7 Å². The largest absolute Gasteiger partial charge is 0.506 e. The standard InChI is InChI=1S/C19H17Br2N3O3S/c1-19(2)5-10-13(11(25)6-19)12(7-3-8(20)15(26)9(21)4-7)14-16(22-10)23-18(28)24-17(14)27/h3-4,12,26H,5-6H2,1-2H3,(H3,22,23,24,27,28). The number of hydrogen-bond acceptors (Lipinski definition) is 5. The van der Waals surface area contributed by atoms with Gasteiger partial charge in [0.05, 0.1) is 14.5 Å². The van der Waals surface area contributed by atoms with E-state index >= 15 is 0 Å². The molecule has 9 heteroatoms. The normalized spacial score (nSPS) is 20.4. The van der Waals surface area contributed by atoms with Gasteiger partial charge in [0.15, 0.2) is 10.6 Å². The van der Waals surface area contributed by atoms with Crippen molar-refractivity contribution in [3.05, 3.63) is 58.6 Å². The van der Waals surface area contributed by atoms with Crippen LogP contribution in [0, 0.1) is 10.2 Å². The summed E-state index contributed by atoms with van der Waals surface area (Å²) < 4.78 is 1.17. The summed E-state index contributed by atoms with van der Waals surface area (Å²) in [5.74, 6) is 0.00290. The van der Waals surface area contributed by atoms with Crippen LogP contribution in [0.4, 0.5) is 5.82 Å². The number of carbonyl (C=O) groups is 1. The fourth-order valence-corrected chi connectivity index (χ4v) is 5.45. The Morgan fingerprint density at radius 3 is 2.43 bits per heavy atom. The van der Waals surface area contributed by atoms with Gasteiger partial charge >= 0.3 is 0 Å². The van der Waals surface area contributed by atoms with Gasteiger partial charge in [-0.15, -0.1) is 0 Å². The number of fused-ring (bicyclic) bond motifs is 1. The second kappa shape index (κ2) is 6.67.